The zero-order valence-electron chi connectivity index (χ0n) is 20.4. The molecule has 0 radical (unpaired) electrons. The van der Waals surface area contributed by atoms with Gasteiger partial charge in [0.15, 0.2) is 17.5 Å². The van der Waals surface area contributed by atoms with Gasteiger partial charge in [0.25, 0.3) is 0 Å². The molecule has 4 N–H and O–H groups in total. The molecule has 0 saturated carbocycles. The highest BCUT2D eigenvalue weighted by Crippen LogP contribution is 2.27. The number of anilines is 1. The van der Waals surface area contributed by atoms with Crippen molar-refractivity contribution in [3.05, 3.63) is 36.3 Å². The molecule has 0 bridgehead atoms. The summed E-state index contributed by atoms with van der Waals surface area (Å²) in [6.45, 7) is 3.44. The van der Waals surface area contributed by atoms with Crippen molar-refractivity contribution >= 4 is 22.8 Å². The van der Waals surface area contributed by atoms with Gasteiger partial charge in [-0.3, -0.25) is 4.79 Å². The molecule has 0 spiro atoms. The van der Waals surface area contributed by atoms with Gasteiger partial charge in [-0.1, -0.05) is 0 Å². The van der Waals surface area contributed by atoms with Gasteiger partial charge < -0.3 is 35.1 Å². The zero-order chi connectivity index (χ0) is 26.0. The van der Waals surface area contributed by atoms with E-state index < -0.39 is 11.6 Å². The lowest BCUT2D eigenvalue weighted by atomic mass is 10.1. The maximum atomic E-state index is 14.6. The SMILES string of the molecule is NCCOCCOCCOCC(=O)N1CCC[C@H](Nc2nc(-c3c[nH]c4ncc(F)cc34)ncc2F)C1. The molecule has 1 aliphatic rings. The first-order valence-corrected chi connectivity index (χ1v) is 12.2. The number of rotatable bonds is 13. The van der Waals surface area contributed by atoms with E-state index in [0.29, 0.717) is 69.3 Å². The van der Waals surface area contributed by atoms with Crippen LogP contribution in [0.4, 0.5) is 14.6 Å². The summed E-state index contributed by atoms with van der Waals surface area (Å²) < 4.78 is 44.3. The van der Waals surface area contributed by atoms with Gasteiger partial charge in [0, 0.05) is 42.8 Å². The van der Waals surface area contributed by atoms with E-state index in [4.69, 9.17) is 19.9 Å². The number of nitrogens with two attached hydrogens (primary N) is 1. The van der Waals surface area contributed by atoms with Crippen molar-refractivity contribution in [2.75, 3.05) is 64.6 Å². The van der Waals surface area contributed by atoms with Gasteiger partial charge >= 0.3 is 0 Å². The number of hydrogen-bond acceptors (Lipinski definition) is 9. The second-order valence-electron chi connectivity index (χ2n) is 8.53. The minimum absolute atomic E-state index is 0.0202. The predicted molar refractivity (Wildman–Crippen MR) is 132 cm³/mol. The number of carbonyl (C=O) groups is 1. The Hall–Kier alpha value is -3.26. The molecule has 1 fully saturated rings. The third-order valence-electron chi connectivity index (χ3n) is 5.83. The number of aromatic amines is 1. The molecule has 1 saturated heterocycles. The monoisotopic (exact) mass is 519 g/mol. The fourth-order valence-corrected chi connectivity index (χ4v) is 4.05. The Morgan fingerprint density at radius 3 is 2.73 bits per heavy atom. The van der Waals surface area contributed by atoms with Crippen molar-refractivity contribution in [2.24, 2.45) is 5.73 Å². The molecule has 3 aromatic heterocycles. The fourth-order valence-electron chi connectivity index (χ4n) is 4.05. The fraction of sp³-hybridized carbons (Fsp3) is 0.500. The van der Waals surface area contributed by atoms with Gasteiger partial charge in [0.1, 0.15) is 18.1 Å². The van der Waals surface area contributed by atoms with Crippen LogP contribution in [-0.2, 0) is 19.0 Å². The molecular formula is C24H31F2N7O4. The van der Waals surface area contributed by atoms with Crippen LogP contribution in [0.2, 0.25) is 0 Å². The average Bonchev–Trinajstić information content (AvgIpc) is 3.32. The highest BCUT2D eigenvalue weighted by Gasteiger charge is 2.25. The summed E-state index contributed by atoms with van der Waals surface area (Å²) in [5.41, 5.74) is 6.32. The summed E-state index contributed by atoms with van der Waals surface area (Å²) >= 11 is 0. The van der Waals surface area contributed by atoms with Crippen molar-refractivity contribution in [3.8, 4) is 11.4 Å². The second kappa shape index (κ2) is 13.3. The molecule has 1 aliphatic heterocycles. The van der Waals surface area contributed by atoms with Gasteiger partial charge in [-0.2, -0.15) is 0 Å². The molecule has 4 rings (SSSR count). The number of pyridine rings is 1. The molecular weight excluding hydrogens is 488 g/mol. The Kier molecular flexibility index (Phi) is 9.65. The van der Waals surface area contributed by atoms with Crippen LogP contribution in [0.1, 0.15) is 12.8 Å². The number of H-pyrrole nitrogens is 1. The lowest BCUT2D eigenvalue weighted by Crippen LogP contribution is -2.46. The molecule has 0 unspecified atom stereocenters. The van der Waals surface area contributed by atoms with Gasteiger partial charge in [-0.25, -0.2) is 23.7 Å². The summed E-state index contributed by atoms with van der Waals surface area (Å²) in [6.07, 6.45) is 5.28. The molecule has 3 aromatic rings. The summed E-state index contributed by atoms with van der Waals surface area (Å²) in [7, 11) is 0. The van der Waals surface area contributed by atoms with E-state index in [-0.39, 0.29) is 30.2 Å². The van der Waals surface area contributed by atoms with Crippen molar-refractivity contribution in [2.45, 2.75) is 18.9 Å². The lowest BCUT2D eigenvalue weighted by molar-refractivity contribution is -0.137. The molecule has 0 aliphatic carbocycles. The first kappa shape index (κ1) is 26.8. The smallest absolute Gasteiger partial charge is 0.248 e. The number of piperidine rings is 1. The minimum atomic E-state index is -0.617. The Morgan fingerprint density at radius 1 is 1.14 bits per heavy atom. The van der Waals surface area contributed by atoms with E-state index in [0.717, 1.165) is 25.2 Å². The summed E-state index contributed by atoms with van der Waals surface area (Å²) in [5, 5.41) is 3.60. The Balaban J connectivity index is 1.28. The highest BCUT2D eigenvalue weighted by atomic mass is 19.1. The van der Waals surface area contributed by atoms with E-state index in [9.17, 15) is 13.6 Å². The van der Waals surface area contributed by atoms with Crippen LogP contribution in [0.5, 0.6) is 0 Å². The van der Waals surface area contributed by atoms with Crippen LogP contribution in [0, 0.1) is 11.6 Å². The number of amides is 1. The Morgan fingerprint density at radius 2 is 1.92 bits per heavy atom. The molecule has 37 heavy (non-hydrogen) atoms. The van der Waals surface area contributed by atoms with Gasteiger partial charge in [0.05, 0.1) is 45.4 Å². The van der Waals surface area contributed by atoms with Crippen LogP contribution in [0.25, 0.3) is 22.4 Å². The Bertz CT molecular complexity index is 1180. The van der Waals surface area contributed by atoms with Gasteiger partial charge in [0.2, 0.25) is 5.91 Å². The maximum Gasteiger partial charge on any atom is 0.248 e. The Labute approximate surface area is 212 Å². The van der Waals surface area contributed by atoms with E-state index in [1.165, 1.54) is 6.07 Å². The molecule has 1 amide bonds. The van der Waals surface area contributed by atoms with Gasteiger partial charge in [-0.15, -0.1) is 0 Å². The number of aromatic nitrogens is 4. The second-order valence-corrected chi connectivity index (χ2v) is 8.53. The molecule has 13 heteroatoms. The third-order valence-corrected chi connectivity index (χ3v) is 5.83. The van der Waals surface area contributed by atoms with Crippen molar-refractivity contribution < 1.29 is 27.8 Å². The van der Waals surface area contributed by atoms with Crippen molar-refractivity contribution in [1.29, 1.82) is 0 Å². The van der Waals surface area contributed by atoms with Crippen LogP contribution >= 0.6 is 0 Å². The van der Waals surface area contributed by atoms with E-state index in [1.54, 1.807) is 11.1 Å². The third kappa shape index (κ3) is 7.38. The minimum Gasteiger partial charge on any atom is -0.378 e. The predicted octanol–water partition coefficient (Wildman–Crippen LogP) is 1.71. The number of ether oxygens (including phenoxy) is 3. The number of halogens is 2. The average molecular weight is 520 g/mol. The number of nitrogens with one attached hydrogen (secondary N) is 2. The standard InChI is InChI=1S/C24H31F2N7O4/c25-16-10-18-19(12-29-22(18)28-11-16)23-30-13-20(26)24(32-23)31-17-2-1-4-33(14-17)21(34)15-37-9-8-36-7-6-35-5-3-27/h10-13,17H,1-9,14-15,27H2,(H,28,29)(H,30,31,32)/t17-/m0/s1. The number of carbonyl (C=O) groups excluding carboxylic acids is 1. The molecule has 11 nitrogen and oxygen atoms in total. The molecule has 0 aromatic carbocycles. The van der Waals surface area contributed by atoms with E-state index >= 15 is 0 Å². The summed E-state index contributed by atoms with van der Waals surface area (Å²) in [5.74, 6) is -1.01. The zero-order valence-corrected chi connectivity index (χ0v) is 20.4. The maximum absolute atomic E-state index is 14.6. The number of nitrogens with zero attached hydrogens (tertiary/aromatic N) is 4. The van der Waals surface area contributed by atoms with Crippen LogP contribution in [0.3, 0.4) is 0 Å². The number of hydrogen-bond donors (Lipinski definition) is 3. The van der Waals surface area contributed by atoms with Crippen LogP contribution in [0.15, 0.2) is 24.7 Å². The molecule has 1 atom stereocenters. The topological polar surface area (TPSA) is 141 Å². The largest absolute Gasteiger partial charge is 0.378 e. The van der Waals surface area contributed by atoms with E-state index in [2.05, 4.69) is 25.3 Å². The summed E-state index contributed by atoms with van der Waals surface area (Å²) in [4.78, 5) is 29.6. The van der Waals surface area contributed by atoms with E-state index in [1.807, 2.05) is 0 Å². The highest BCUT2D eigenvalue weighted by molar-refractivity contribution is 5.91. The van der Waals surface area contributed by atoms with Crippen LogP contribution in [-0.4, -0.2) is 96.1 Å². The molecule has 4 heterocycles. The van der Waals surface area contributed by atoms with Crippen LogP contribution < -0.4 is 11.1 Å². The van der Waals surface area contributed by atoms with Crippen molar-refractivity contribution in [3.63, 3.8) is 0 Å². The quantitative estimate of drug-likeness (QED) is 0.288. The number of fused-ring (bicyclic) bond motifs is 1. The summed E-state index contributed by atoms with van der Waals surface area (Å²) in [6, 6.07) is 1.12. The lowest BCUT2D eigenvalue weighted by Gasteiger charge is -2.33. The number of likely N-dealkylation sites (tertiary alicyclic amines) is 1. The van der Waals surface area contributed by atoms with Crippen molar-refractivity contribution in [1.82, 2.24) is 24.8 Å². The normalized spacial score (nSPS) is 15.9. The first-order valence-electron chi connectivity index (χ1n) is 12.2. The van der Waals surface area contributed by atoms with Gasteiger partial charge in [-0.05, 0) is 18.9 Å². The molecule has 200 valence electrons. The first-order chi connectivity index (χ1) is 18.0.